The van der Waals surface area contributed by atoms with Crippen molar-refractivity contribution < 1.29 is 0 Å². The van der Waals surface area contributed by atoms with Crippen molar-refractivity contribution in [2.45, 2.75) is 12.8 Å². The smallest absolute Gasteiger partial charge is 0.00975 e. The molecule has 0 aliphatic rings. The first-order valence-electron chi connectivity index (χ1n) is 3.36. The standard InChI is InChI=1S/C9H10Br/c1-8(7-10)9-5-3-2-4-6-9/h3-6,8H,7H2,1H3. The van der Waals surface area contributed by atoms with E-state index in [1.54, 1.807) is 0 Å². The largest absolute Gasteiger partial charge is 0.0922 e. The zero-order valence-electron chi connectivity index (χ0n) is 5.97. The molecule has 0 fully saturated rings. The van der Waals surface area contributed by atoms with E-state index in [0.717, 1.165) is 5.33 Å². The number of hydrogen-bond acceptors (Lipinski definition) is 0. The molecule has 1 radical (unpaired) electrons. The van der Waals surface area contributed by atoms with Crippen LogP contribution < -0.4 is 0 Å². The van der Waals surface area contributed by atoms with Crippen molar-refractivity contribution >= 4 is 15.9 Å². The molecular weight excluding hydrogens is 188 g/mol. The molecule has 0 aliphatic carbocycles. The van der Waals surface area contributed by atoms with Gasteiger partial charge in [0.05, 0.1) is 0 Å². The molecule has 1 heteroatoms. The minimum Gasteiger partial charge on any atom is -0.0922 e. The van der Waals surface area contributed by atoms with Crippen molar-refractivity contribution in [3.8, 4) is 0 Å². The summed E-state index contributed by atoms with van der Waals surface area (Å²) in [5.74, 6) is 0.606. The van der Waals surface area contributed by atoms with Crippen molar-refractivity contribution in [1.82, 2.24) is 0 Å². The Morgan fingerprint density at radius 1 is 1.50 bits per heavy atom. The third kappa shape index (κ3) is 1.84. The molecule has 0 N–H and O–H groups in total. The fourth-order valence-electron chi connectivity index (χ4n) is 0.817. The molecule has 0 amide bonds. The van der Waals surface area contributed by atoms with Gasteiger partial charge in [-0.15, -0.1) is 0 Å². The molecule has 0 saturated heterocycles. The summed E-state index contributed by atoms with van der Waals surface area (Å²) in [4.78, 5) is 0. The topological polar surface area (TPSA) is 0 Å². The van der Waals surface area contributed by atoms with Gasteiger partial charge in [0.15, 0.2) is 0 Å². The lowest BCUT2D eigenvalue weighted by molar-refractivity contribution is 0.888. The zero-order chi connectivity index (χ0) is 7.40. The number of halogens is 1. The Balaban J connectivity index is 2.75. The molecule has 1 aromatic carbocycles. The molecule has 1 atom stereocenters. The highest BCUT2D eigenvalue weighted by Gasteiger charge is 2.00. The molecule has 10 heavy (non-hydrogen) atoms. The highest BCUT2D eigenvalue weighted by Crippen LogP contribution is 2.15. The van der Waals surface area contributed by atoms with Gasteiger partial charge in [0.25, 0.3) is 0 Å². The molecule has 0 spiro atoms. The van der Waals surface area contributed by atoms with Crippen LogP contribution >= 0.6 is 15.9 Å². The van der Waals surface area contributed by atoms with Crippen molar-refractivity contribution in [3.63, 3.8) is 0 Å². The van der Waals surface area contributed by atoms with Crippen LogP contribution in [0.3, 0.4) is 0 Å². The maximum absolute atomic E-state index is 3.44. The summed E-state index contributed by atoms with van der Waals surface area (Å²) in [7, 11) is 0. The van der Waals surface area contributed by atoms with Crippen LogP contribution in [0.5, 0.6) is 0 Å². The lowest BCUT2D eigenvalue weighted by Crippen LogP contribution is -1.92. The zero-order valence-corrected chi connectivity index (χ0v) is 7.56. The van der Waals surface area contributed by atoms with E-state index < -0.39 is 0 Å². The predicted molar refractivity (Wildman–Crippen MR) is 47.5 cm³/mol. The minimum atomic E-state index is 0.606. The maximum Gasteiger partial charge on any atom is 0.00975 e. The van der Waals surface area contributed by atoms with E-state index in [0.29, 0.717) is 5.92 Å². The van der Waals surface area contributed by atoms with Crippen LogP contribution in [0.4, 0.5) is 0 Å². The monoisotopic (exact) mass is 197 g/mol. The Labute approximate surface area is 70.4 Å². The number of rotatable bonds is 2. The fraction of sp³-hybridized carbons (Fsp3) is 0.333. The summed E-state index contributed by atoms with van der Waals surface area (Å²) in [6.07, 6.45) is 0. The first-order valence-corrected chi connectivity index (χ1v) is 4.48. The van der Waals surface area contributed by atoms with Crippen LogP contribution in [0.1, 0.15) is 18.4 Å². The summed E-state index contributed by atoms with van der Waals surface area (Å²) in [6, 6.07) is 11.1. The van der Waals surface area contributed by atoms with Gasteiger partial charge >= 0.3 is 0 Å². The molecule has 0 nitrogen and oxygen atoms in total. The van der Waals surface area contributed by atoms with Gasteiger partial charge in [-0.05, 0) is 17.5 Å². The minimum absolute atomic E-state index is 0.606. The second-order valence-corrected chi connectivity index (χ2v) is 3.04. The number of alkyl halides is 1. The Bertz CT molecular complexity index is 181. The molecule has 0 aliphatic heterocycles. The van der Waals surface area contributed by atoms with Crippen LogP contribution in [0, 0.1) is 6.07 Å². The third-order valence-corrected chi connectivity index (χ3v) is 2.52. The molecule has 0 aromatic heterocycles. The molecule has 0 heterocycles. The van der Waals surface area contributed by atoms with Crippen LogP contribution in [0.2, 0.25) is 0 Å². The maximum atomic E-state index is 3.44. The Morgan fingerprint density at radius 3 is 2.60 bits per heavy atom. The van der Waals surface area contributed by atoms with Crippen LogP contribution in [0.25, 0.3) is 0 Å². The summed E-state index contributed by atoms with van der Waals surface area (Å²) in [5.41, 5.74) is 1.37. The highest BCUT2D eigenvalue weighted by atomic mass is 79.9. The van der Waals surface area contributed by atoms with Crippen LogP contribution in [-0.2, 0) is 0 Å². The summed E-state index contributed by atoms with van der Waals surface area (Å²) in [6.45, 7) is 2.20. The van der Waals surface area contributed by atoms with Crippen molar-refractivity contribution in [1.29, 1.82) is 0 Å². The van der Waals surface area contributed by atoms with E-state index in [1.165, 1.54) is 5.56 Å². The van der Waals surface area contributed by atoms with Gasteiger partial charge in [0.2, 0.25) is 0 Å². The van der Waals surface area contributed by atoms with Gasteiger partial charge in [0.1, 0.15) is 0 Å². The summed E-state index contributed by atoms with van der Waals surface area (Å²) in [5, 5.41) is 1.02. The van der Waals surface area contributed by atoms with Gasteiger partial charge < -0.3 is 0 Å². The first-order chi connectivity index (χ1) is 4.84. The lowest BCUT2D eigenvalue weighted by Gasteiger charge is -2.05. The van der Waals surface area contributed by atoms with Gasteiger partial charge in [-0.25, -0.2) is 0 Å². The van der Waals surface area contributed by atoms with E-state index >= 15 is 0 Å². The van der Waals surface area contributed by atoms with Gasteiger partial charge in [-0.2, -0.15) is 0 Å². The Morgan fingerprint density at radius 2 is 2.10 bits per heavy atom. The lowest BCUT2D eigenvalue weighted by atomic mass is 10.0. The van der Waals surface area contributed by atoms with Crippen LogP contribution in [0.15, 0.2) is 24.3 Å². The third-order valence-electron chi connectivity index (χ3n) is 1.54. The molecule has 1 aromatic rings. The van der Waals surface area contributed by atoms with E-state index in [9.17, 15) is 0 Å². The molecule has 0 bridgehead atoms. The van der Waals surface area contributed by atoms with Gasteiger partial charge in [0, 0.05) is 5.33 Å². The fourth-order valence-corrected chi connectivity index (χ4v) is 1.19. The quantitative estimate of drug-likeness (QED) is 0.641. The summed E-state index contributed by atoms with van der Waals surface area (Å²) < 4.78 is 0. The molecular formula is C9H10Br. The SMILES string of the molecule is CC(CBr)c1cc[c]cc1. The van der Waals surface area contributed by atoms with E-state index in [4.69, 9.17) is 0 Å². The summed E-state index contributed by atoms with van der Waals surface area (Å²) >= 11 is 3.44. The Hall–Kier alpha value is -0.300. The number of benzene rings is 1. The first kappa shape index (κ1) is 7.80. The molecule has 53 valence electrons. The average molecular weight is 198 g/mol. The second kappa shape index (κ2) is 3.77. The van der Waals surface area contributed by atoms with E-state index in [-0.39, 0.29) is 0 Å². The second-order valence-electron chi connectivity index (χ2n) is 2.39. The van der Waals surface area contributed by atoms with Crippen molar-refractivity contribution in [2.24, 2.45) is 0 Å². The normalized spacial score (nSPS) is 13.0. The highest BCUT2D eigenvalue weighted by molar-refractivity contribution is 9.09. The Kier molecular flexibility index (Phi) is 2.94. The van der Waals surface area contributed by atoms with E-state index in [1.807, 2.05) is 12.1 Å². The van der Waals surface area contributed by atoms with E-state index in [2.05, 4.69) is 41.1 Å². The predicted octanol–water partition coefficient (Wildman–Crippen LogP) is 2.99. The van der Waals surface area contributed by atoms with Gasteiger partial charge in [-0.1, -0.05) is 47.1 Å². The van der Waals surface area contributed by atoms with Crippen LogP contribution in [-0.4, -0.2) is 5.33 Å². The van der Waals surface area contributed by atoms with Crippen molar-refractivity contribution in [2.75, 3.05) is 5.33 Å². The molecule has 1 unspecified atom stereocenters. The molecule has 0 saturated carbocycles. The van der Waals surface area contributed by atoms with Crippen molar-refractivity contribution in [3.05, 3.63) is 35.9 Å². The van der Waals surface area contributed by atoms with Gasteiger partial charge in [-0.3, -0.25) is 0 Å². The number of hydrogen-bond donors (Lipinski definition) is 0. The average Bonchev–Trinajstić information content (AvgIpc) is 2.05. The molecule has 1 rings (SSSR count).